The maximum absolute atomic E-state index is 10.5. The highest BCUT2D eigenvalue weighted by Gasteiger charge is 2.12. The first-order valence-corrected chi connectivity index (χ1v) is 5.54. The molecule has 2 rings (SSSR count). The first kappa shape index (κ1) is 11.7. The number of rotatable bonds is 3. The molecule has 0 aliphatic carbocycles. The van der Waals surface area contributed by atoms with Gasteiger partial charge in [-0.2, -0.15) is 0 Å². The SMILES string of the molecule is Nn1cnnc1Sc1ccc([N+](=O)[O-])cc1Cl. The van der Waals surface area contributed by atoms with E-state index in [9.17, 15) is 10.1 Å². The highest BCUT2D eigenvalue weighted by atomic mass is 35.5. The van der Waals surface area contributed by atoms with E-state index in [-0.39, 0.29) is 10.7 Å². The molecule has 0 fully saturated rings. The van der Waals surface area contributed by atoms with E-state index < -0.39 is 4.92 Å². The zero-order chi connectivity index (χ0) is 12.4. The Morgan fingerprint density at radius 2 is 2.29 bits per heavy atom. The minimum absolute atomic E-state index is 0.0615. The lowest BCUT2D eigenvalue weighted by Gasteiger charge is -2.02. The number of halogens is 1. The number of nitro groups is 1. The summed E-state index contributed by atoms with van der Waals surface area (Å²) in [6.07, 6.45) is 1.35. The summed E-state index contributed by atoms with van der Waals surface area (Å²) in [5.74, 6) is 5.54. The van der Waals surface area contributed by atoms with Gasteiger partial charge in [0.15, 0.2) is 0 Å². The standard InChI is InChI=1S/C8H6ClN5O2S/c9-6-3-5(14(15)16)1-2-7(6)17-8-12-11-4-13(8)10/h1-4H,10H2. The van der Waals surface area contributed by atoms with Crippen LogP contribution in [0.3, 0.4) is 0 Å². The van der Waals surface area contributed by atoms with Crippen molar-refractivity contribution in [2.75, 3.05) is 5.84 Å². The van der Waals surface area contributed by atoms with Crippen LogP contribution in [0.2, 0.25) is 5.02 Å². The number of nitrogens with two attached hydrogens (primary N) is 1. The van der Waals surface area contributed by atoms with Gasteiger partial charge in [-0.25, -0.2) is 4.68 Å². The second-order valence-corrected chi connectivity index (χ2v) is 4.41. The summed E-state index contributed by atoms with van der Waals surface area (Å²) in [5, 5.41) is 18.6. The first-order chi connectivity index (χ1) is 8.08. The van der Waals surface area contributed by atoms with Crippen LogP contribution in [-0.2, 0) is 0 Å². The maximum Gasteiger partial charge on any atom is 0.270 e. The van der Waals surface area contributed by atoms with Crippen LogP contribution in [0, 0.1) is 10.1 Å². The second kappa shape index (κ2) is 4.60. The van der Waals surface area contributed by atoms with E-state index in [4.69, 9.17) is 17.4 Å². The molecule has 0 bridgehead atoms. The van der Waals surface area contributed by atoms with Gasteiger partial charge in [0.05, 0.1) is 9.95 Å². The lowest BCUT2D eigenvalue weighted by molar-refractivity contribution is -0.384. The normalized spacial score (nSPS) is 10.4. The molecule has 0 aliphatic rings. The van der Waals surface area contributed by atoms with Crippen molar-refractivity contribution in [1.82, 2.24) is 14.9 Å². The van der Waals surface area contributed by atoms with E-state index >= 15 is 0 Å². The van der Waals surface area contributed by atoms with Crippen LogP contribution in [0.5, 0.6) is 0 Å². The maximum atomic E-state index is 10.5. The van der Waals surface area contributed by atoms with E-state index in [0.717, 1.165) is 0 Å². The molecule has 0 radical (unpaired) electrons. The third-order valence-corrected chi connectivity index (χ3v) is 3.34. The minimum Gasteiger partial charge on any atom is -0.336 e. The van der Waals surface area contributed by atoms with Crippen molar-refractivity contribution < 1.29 is 4.92 Å². The fourth-order valence-corrected chi connectivity index (χ4v) is 2.11. The fraction of sp³-hybridized carbons (Fsp3) is 0. The number of nitrogen functional groups attached to an aromatic ring is 1. The van der Waals surface area contributed by atoms with Crippen molar-refractivity contribution in [1.29, 1.82) is 0 Å². The molecule has 0 saturated carbocycles. The smallest absolute Gasteiger partial charge is 0.270 e. The topological polar surface area (TPSA) is 99.9 Å². The average Bonchev–Trinajstić information content (AvgIpc) is 2.67. The predicted molar refractivity (Wildman–Crippen MR) is 62.4 cm³/mol. The summed E-state index contributed by atoms with van der Waals surface area (Å²) in [4.78, 5) is 10.6. The Balaban J connectivity index is 2.29. The Morgan fingerprint density at radius 1 is 1.53 bits per heavy atom. The van der Waals surface area contributed by atoms with Gasteiger partial charge in [0, 0.05) is 17.0 Å². The van der Waals surface area contributed by atoms with Crippen molar-refractivity contribution >= 4 is 29.1 Å². The van der Waals surface area contributed by atoms with E-state index in [0.29, 0.717) is 10.1 Å². The molecule has 0 spiro atoms. The van der Waals surface area contributed by atoms with Crippen LogP contribution < -0.4 is 5.84 Å². The molecule has 88 valence electrons. The number of non-ortho nitro benzene ring substituents is 1. The summed E-state index contributed by atoms with van der Waals surface area (Å²) in [5.41, 5.74) is -0.0615. The molecular formula is C8H6ClN5O2S. The second-order valence-electron chi connectivity index (χ2n) is 2.99. The molecule has 1 aromatic carbocycles. The molecule has 17 heavy (non-hydrogen) atoms. The van der Waals surface area contributed by atoms with Crippen LogP contribution in [0.15, 0.2) is 34.6 Å². The van der Waals surface area contributed by atoms with Gasteiger partial charge in [-0.15, -0.1) is 10.2 Å². The molecule has 9 heteroatoms. The van der Waals surface area contributed by atoms with E-state index in [1.165, 1.54) is 34.9 Å². The Bertz CT molecular complexity index is 573. The van der Waals surface area contributed by atoms with Crippen molar-refractivity contribution in [3.05, 3.63) is 39.7 Å². The molecule has 2 N–H and O–H groups in total. The van der Waals surface area contributed by atoms with E-state index in [1.54, 1.807) is 6.07 Å². The quantitative estimate of drug-likeness (QED) is 0.518. The van der Waals surface area contributed by atoms with Gasteiger partial charge in [0.2, 0.25) is 5.16 Å². The molecule has 0 atom stereocenters. The van der Waals surface area contributed by atoms with Crippen LogP contribution in [0.1, 0.15) is 0 Å². The summed E-state index contributed by atoms with van der Waals surface area (Å²) < 4.78 is 1.24. The molecule has 0 amide bonds. The summed E-state index contributed by atoms with van der Waals surface area (Å²) in [7, 11) is 0. The van der Waals surface area contributed by atoms with Crippen LogP contribution in [0.4, 0.5) is 5.69 Å². The molecule has 1 heterocycles. The van der Waals surface area contributed by atoms with E-state index in [1.807, 2.05) is 0 Å². The number of benzene rings is 1. The molecule has 0 saturated heterocycles. The van der Waals surface area contributed by atoms with Gasteiger partial charge >= 0.3 is 0 Å². The van der Waals surface area contributed by atoms with Crippen molar-refractivity contribution in [2.24, 2.45) is 0 Å². The van der Waals surface area contributed by atoms with Crippen LogP contribution in [0.25, 0.3) is 0 Å². The van der Waals surface area contributed by atoms with Crippen molar-refractivity contribution in [2.45, 2.75) is 10.1 Å². The molecule has 7 nitrogen and oxygen atoms in total. The fourth-order valence-electron chi connectivity index (χ4n) is 1.09. The number of nitro benzene ring substituents is 1. The molecule has 1 aromatic heterocycles. The van der Waals surface area contributed by atoms with E-state index in [2.05, 4.69) is 10.2 Å². The molecular weight excluding hydrogens is 266 g/mol. The average molecular weight is 272 g/mol. The Morgan fingerprint density at radius 3 is 2.82 bits per heavy atom. The van der Waals surface area contributed by atoms with Crippen LogP contribution in [-0.4, -0.2) is 19.8 Å². The first-order valence-electron chi connectivity index (χ1n) is 4.35. The van der Waals surface area contributed by atoms with Crippen molar-refractivity contribution in [3.8, 4) is 0 Å². The monoisotopic (exact) mass is 271 g/mol. The summed E-state index contributed by atoms with van der Waals surface area (Å²) >= 11 is 7.10. The van der Waals surface area contributed by atoms with Crippen LogP contribution >= 0.6 is 23.4 Å². The number of hydrogen-bond acceptors (Lipinski definition) is 6. The molecule has 2 aromatic rings. The Hall–Kier alpha value is -1.80. The minimum atomic E-state index is -0.508. The highest BCUT2D eigenvalue weighted by molar-refractivity contribution is 7.99. The third kappa shape index (κ3) is 2.48. The summed E-state index contributed by atoms with van der Waals surface area (Å²) in [6.45, 7) is 0. The highest BCUT2D eigenvalue weighted by Crippen LogP contribution is 2.33. The number of hydrogen-bond donors (Lipinski definition) is 1. The van der Waals surface area contributed by atoms with Gasteiger partial charge in [0.25, 0.3) is 5.69 Å². The van der Waals surface area contributed by atoms with Gasteiger partial charge in [-0.3, -0.25) is 10.1 Å². The number of nitrogens with zero attached hydrogens (tertiary/aromatic N) is 4. The Kier molecular flexibility index (Phi) is 3.16. The Labute approximate surface area is 105 Å². The van der Waals surface area contributed by atoms with Gasteiger partial charge in [0.1, 0.15) is 6.33 Å². The largest absolute Gasteiger partial charge is 0.336 e. The van der Waals surface area contributed by atoms with Crippen molar-refractivity contribution in [3.63, 3.8) is 0 Å². The van der Waals surface area contributed by atoms with Gasteiger partial charge in [-0.1, -0.05) is 11.6 Å². The third-order valence-electron chi connectivity index (χ3n) is 1.87. The molecule has 0 aliphatic heterocycles. The number of aromatic nitrogens is 3. The summed E-state index contributed by atoms with van der Waals surface area (Å²) in [6, 6.07) is 4.19. The van der Waals surface area contributed by atoms with Gasteiger partial charge in [-0.05, 0) is 17.8 Å². The lowest BCUT2D eigenvalue weighted by atomic mass is 10.3. The van der Waals surface area contributed by atoms with Gasteiger partial charge < -0.3 is 5.84 Å². The zero-order valence-corrected chi connectivity index (χ0v) is 9.85. The predicted octanol–water partition coefficient (Wildman–Crippen LogP) is 1.70. The lowest BCUT2D eigenvalue weighted by Crippen LogP contribution is -2.07. The zero-order valence-electron chi connectivity index (χ0n) is 8.28. The molecule has 0 unspecified atom stereocenters.